The summed E-state index contributed by atoms with van der Waals surface area (Å²) in [6.45, 7) is 3.03. The van der Waals surface area contributed by atoms with Gasteiger partial charge in [-0.15, -0.1) is 0 Å². The van der Waals surface area contributed by atoms with E-state index >= 15 is 0 Å². The fourth-order valence-electron chi connectivity index (χ4n) is 2.68. The molecule has 0 saturated heterocycles. The molecule has 0 aromatic heterocycles. The average Bonchev–Trinajstić information content (AvgIpc) is 2.46. The maximum absolute atomic E-state index is 12.4. The predicted molar refractivity (Wildman–Crippen MR) is 80.8 cm³/mol. The number of rotatable bonds is 5. The number of carbonyl (C=O) groups is 1. The summed E-state index contributed by atoms with van der Waals surface area (Å²) < 4.78 is 5.47. The predicted octanol–water partition coefficient (Wildman–Crippen LogP) is 2.93. The van der Waals surface area contributed by atoms with E-state index in [4.69, 9.17) is 10.5 Å². The first-order valence-corrected chi connectivity index (χ1v) is 7.38. The van der Waals surface area contributed by atoms with Crippen LogP contribution in [0.5, 0.6) is 5.75 Å². The number of hydrogen-bond acceptors (Lipinski definition) is 3. The third-order valence-corrected chi connectivity index (χ3v) is 3.98. The van der Waals surface area contributed by atoms with Crippen molar-refractivity contribution in [2.24, 2.45) is 11.1 Å². The molecule has 1 fully saturated rings. The molecule has 1 saturated carbocycles. The van der Waals surface area contributed by atoms with Crippen molar-refractivity contribution in [1.82, 2.24) is 0 Å². The highest BCUT2D eigenvalue weighted by Gasteiger charge is 2.34. The van der Waals surface area contributed by atoms with Crippen LogP contribution < -0.4 is 15.8 Å². The SMILES string of the molecule is CC1(C(=O)Nc2cccc(OCCN)c2)CCCCC1. The fraction of sp³-hybridized carbons (Fsp3) is 0.562. The Bertz CT molecular complexity index is 454. The van der Waals surface area contributed by atoms with Crippen molar-refractivity contribution in [2.75, 3.05) is 18.5 Å². The highest BCUT2D eigenvalue weighted by atomic mass is 16.5. The zero-order chi connectivity index (χ0) is 14.4. The van der Waals surface area contributed by atoms with Gasteiger partial charge in [-0.1, -0.05) is 32.3 Å². The molecule has 1 aromatic carbocycles. The van der Waals surface area contributed by atoms with Crippen LogP contribution in [0.2, 0.25) is 0 Å². The minimum atomic E-state index is -0.230. The van der Waals surface area contributed by atoms with Crippen LogP contribution >= 0.6 is 0 Å². The fourth-order valence-corrected chi connectivity index (χ4v) is 2.68. The standard InChI is InChI=1S/C16H24N2O2/c1-16(8-3-2-4-9-16)15(19)18-13-6-5-7-14(12-13)20-11-10-17/h5-7,12H,2-4,8-11,17H2,1H3,(H,18,19). The van der Waals surface area contributed by atoms with Crippen LogP contribution in [-0.2, 0) is 4.79 Å². The lowest BCUT2D eigenvalue weighted by Crippen LogP contribution is -2.35. The summed E-state index contributed by atoms with van der Waals surface area (Å²) >= 11 is 0. The minimum absolute atomic E-state index is 0.119. The molecular weight excluding hydrogens is 252 g/mol. The second kappa shape index (κ2) is 6.75. The summed E-state index contributed by atoms with van der Waals surface area (Å²) in [6, 6.07) is 7.48. The van der Waals surface area contributed by atoms with E-state index in [0.29, 0.717) is 13.2 Å². The lowest BCUT2D eigenvalue weighted by molar-refractivity contribution is -0.126. The third kappa shape index (κ3) is 3.73. The van der Waals surface area contributed by atoms with E-state index in [1.54, 1.807) is 0 Å². The van der Waals surface area contributed by atoms with Gasteiger partial charge >= 0.3 is 0 Å². The van der Waals surface area contributed by atoms with Gasteiger partial charge < -0.3 is 15.8 Å². The number of benzene rings is 1. The summed E-state index contributed by atoms with van der Waals surface area (Å²) in [5, 5.41) is 3.02. The summed E-state index contributed by atoms with van der Waals surface area (Å²) in [4.78, 5) is 12.4. The first-order chi connectivity index (χ1) is 9.64. The lowest BCUT2D eigenvalue weighted by Gasteiger charge is -2.32. The van der Waals surface area contributed by atoms with Gasteiger partial charge in [-0.05, 0) is 25.0 Å². The highest BCUT2D eigenvalue weighted by Crippen LogP contribution is 2.36. The van der Waals surface area contributed by atoms with E-state index in [1.165, 1.54) is 6.42 Å². The molecular formula is C16H24N2O2. The van der Waals surface area contributed by atoms with Crippen LogP contribution in [0.1, 0.15) is 39.0 Å². The van der Waals surface area contributed by atoms with E-state index in [2.05, 4.69) is 12.2 Å². The minimum Gasteiger partial charge on any atom is -0.492 e. The molecule has 0 unspecified atom stereocenters. The first-order valence-electron chi connectivity index (χ1n) is 7.38. The third-order valence-electron chi connectivity index (χ3n) is 3.98. The van der Waals surface area contributed by atoms with Crippen LogP contribution in [0, 0.1) is 5.41 Å². The van der Waals surface area contributed by atoms with Crippen molar-refractivity contribution in [2.45, 2.75) is 39.0 Å². The number of carbonyl (C=O) groups excluding carboxylic acids is 1. The number of anilines is 1. The summed E-state index contributed by atoms with van der Waals surface area (Å²) in [5.74, 6) is 0.857. The maximum atomic E-state index is 12.4. The van der Waals surface area contributed by atoms with E-state index in [-0.39, 0.29) is 11.3 Å². The molecule has 0 bridgehead atoms. The van der Waals surface area contributed by atoms with Crippen LogP contribution in [0.15, 0.2) is 24.3 Å². The Balaban J connectivity index is 2.00. The Morgan fingerprint density at radius 1 is 1.35 bits per heavy atom. The smallest absolute Gasteiger partial charge is 0.230 e. The number of amides is 1. The molecule has 1 amide bonds. The molecule has 2 rings (SSSR count). The summed E-state index contributed by atoms with van der Waals surface area (Å²) in [6.07, 6.45) is 5.48. The molecule has 4 nitrogen and oxygen atoms in total. The van der Waals surface area contributed by atoms with E-state index < -0.39 is 0 Å². The molecule has 20 heavy (non-hydrogen) atoms. The van der Waals surface area contributed by atoms with Crippen molar-refractivity contribution >= 4 is 11.6 Å². The Morgan fingerprint density at radius 2 is 2.10 bits per heavy atom. The van der Waals surface area contributed by atoms with E-state index in [0.717, 1.165) is 37.1 Å². The van der Waals surface area contributed by atoms with E-state index in [9.17, 15) is 4.79 Å². The average molecular weight is 276 g/mol. The van der Waals surface area contributed by atoms with Crippen LogP contribution in [0.25, 0.3) is 0 Å². The zero-order valence-corrected chi connectivity index (χ0v) is 12.2. The highest BCUT2D eigenvalue weighted by molar-refractivity contribution is 5.95. The van der Waals surface area contributed by atoms with Gasteiger partial charge in [0.15, 0.2) is 0 Å². The van der Waals surface area contributed by atoms with Gasteiger partial charge in [-0.3, -0.25) is 4.79 Å². The molecule has 4 heteroatoms. The normalized spacial score (nSPS) is 17.5. The van der Waals surface area contributed by atoms with Gasteiger partial charge in [0.2, 0.25) is 5.91 Å². The van der Waals surface area contributed by atoms with Crippen LogP contribution in [0.3, 0.4) is 0 Å². The first kappa shape index (κ1) is 14.9. The largest absolute Gasteiger partial charge is 0.492 e. The Morgan fingerprint density at radius 3 is 2.80 bits per heavy atom. The second-order valence-electron chi connectivity index (χ2n) is 5.74. The van der Waals surface area contributed by atoms with Gasteiger partial charge in [0.05, 0.1) is 0 Å². The molecule has 1 aromatic rings. The molecule has 3 N–H and O–H groups in total. The molecule has 0 radical (unpaired) electrons. The molecule has 0 aliphatic heterocycles. The maximum Gasteiger partial charge on any atom is 0.230 e. The topological polar surface area (TPSA) is 64.3 Å². The van der Waals surface area contributed by atoms with Crippen molar-refractivity contribution in [3.05, 3.63) is 24.3 Å². The van der Waals surface area contributed by atoms with Crippen molar-refractivity contribution in [1.29, 1.82) is 0 Å². The van der Waals surface area contributed by atoms with Gasteiger partial charge in [0.1, 0.15) is 12.4 Å². The summed E-state index contributed by atoms with van der Waals surface area (Å²) in [7, 11) is 0. The van der Waals surface area contributed by atoms with E-state index in [1.807, 2.05) is 24.3 Å². The van der Waals surface area contributed by atoms with Crippen LogP contribution in [-0.4, -0.2) is 19.1 Å². The molecule has 0 atom stereocenters. The van der Waals surface area contributed by atoms with Gasteiger partial charge in [-0.2, -0.15) is 0 Å². The molecule has 1 aliphatic rings. The van der Waals surface area contributed by atoms with Crippen molar-refractivity contribution < 1.29 is 9.53 Å². The Hall–Kier alpha value is -1.55. The van der Waals surface area contributed by atoms with Crippen LogP contribution in [0.4, 0.5) is 5.69 Å². The van der Waals surface area contributed by atoms with Gasteiger partial charge in [0, 0.05) is 23.7 Å². The molecule has 1 aliphatic carbocycles. The Kier molecular flexibility index (Phi) is 5.01. The molecule has 0 heterocycles. The number of nitrogens with one attached hydrogen (secondary N) is 1. The number of nitrogens with two attached hydrogens (primary N) is 1. The van der Waals surface area contributed by atoms with Crippen molar-refractivity contribution in [3.63, 3.8) is 0 Å². The number of hydrogen-bond donors (Lipinski definition) is 2. The quantitative estimate of drug-likeness (QED) is 0.869. The second-order valence-corrected chi connectivity index (χ2v) is 5.74. The zero-order valence-electron chi connectivity index (χ0n) is 12.2. The molecule has 0 spiro atoms. The Labute approximate surface area is 120 Å². The monoisotopic (exact) mass is 276 g/mol. The summed E-state index contributed by atoms with van der Waals surface area (Å²) in [5.41, 5.74) is 5.97. The van der Waals surface area contributed by atoms with Crippen molar-refractivity contribution in [3.8, 4) is 5.75 Å². The molecule has 110 valence electrons. The van der Waals surface area contributed by atoms with Gasteiger partial charge in [0.25, 0.3) is 0 Å². The lowest BCUT2D eigenvalue weighted by atomic mass is 9.75. The number of ether oxygens (including phenoxy) is 1. The van der Waals surface area contributed by atoms with Gasteiger partial charge in [-0.25, -0.2) is 0 Å².